The van der Waals surface area contributed by atoms with E-state index in [1.165, 1.54) is 0 Å². The highest BCUT2D eigenvalue weighted by atomic mass is 35.5. The monoisotopic (exact) mass is 388 g/mol. The van der Waals surface area contributed by atoms with E-state index in [-0.39, 0.29) is 24.4 Å². The molecule has 2 rings (SSSR count). The molecule has 0 aliphatic heterocycles. The predicted molar refractivity (Wildman–Crippen MR) is 111 cm³/mol. The van der Waals surface area contributed by atoms with Crippen LogP contribution in [0.4, 0.5) is 11.4 Å². The van der Waals surface area contributed by atoms with Crippen LogP contribution < -0.4 is 15.5 Å². The van der Waals surface area contributed by atoms with E-state index >= 15 is 0 Å². The van der Waals surface area contributed by atoms with Gasteiger partial charge in [0.05, 0.1) is 17.8 Å². The molecule has 0 saturated carbocycles. The zero-order chi connectivity index (χ0) is 20.1. The second kappa shape index (κ2) is 9.02. The van der Waals surface area contributed by atoms with Crippen molar-refractivity contribution in [3.63, 3.8) is 0 Å². The van der Waals surface area contributed by atoms with Crippen molar-refractivity contribution in [1.82, 2.24) is 0 Å². The molecular weight excluding hydrogens is 362 g/mol. The van der Waals surface area contributed by atoms with Crippen LogP contribution >= 0.6 is 11.6 Å². The van der Waals surface area contributed by atoms with Gasteiger partial charge in [-0.3, -0.25) is 9.59 Å². The smallest absolute Gasteiger partial charge is 0.282 e. The van der Waals surface area contributed by atoms with Gasteiger partial charge in [0.25, 0.3) is 11.8 Å². The van der Waals surface area contributed by atoms with Crippen LogP contribution in [0.3, 0.4) is 0 Å². The summed E-state index contributed by atoms with van der Waals surface area (Å²) in [6, 6.07) is 10.8. The van der Waals surface area contributed by atoms with Crippen LogP contribution in [0.1, 0.15) is 23.6 Å². The average molecular weight is 389 g/mol. The lowest BCUT2D eigenvalue weighted by Crippen LogP contribution is -3.14. The highest BCUT2D eigenvalue weighted by Gasteiger charge is 2.25. The van der Waals surface area contributed by atoms with Crippen LogP contribution in [0.25, 0.3) is 0 Å². The summed E-state index contributed by atoms with van der Waals surface area (Å²) < 4.78 is 0. The molecule has 27 heavy (non-hydrogen) atoms. The Kier molecular flexibility index (Phi) is 6.99. The molecular formula is C21H27ClN3O2+. The van der Waals surface area contributed by atoms with Crippen LogP contribution in [0.2, 0.25) is 5.02 Å². The third kappa shape index (κ3) is 5.55. The van der Waals surface area contributed by atoms with Crippen LogP contribution in [0.15, 0.2) is 36.4 Å². The summed E-state index contributed by atoms with van der Waals surface area (Å²) in [5, 5.41) is 6.28. The van der Waals surface area contributed by atoms with Gasteiger partial charge in [0, 0.05) is 5.69 Å². The second-order valence-electron chi connectivity index (χ2n) is 7.04. The fourth-order valence-corrected chi connectivity index (χ4v) is 3.18. The number of rotatable bonds is 6. The van der Waals surface area contributed by atoms with Crippen LogP contribution in [0, 0.1) is 20.8 Å². The largest absolute Gasteiger partial charge is 0.320 e. The van der Waals surface area contributed by atoms with E-state index in [9.17, 15) is 9.59 Å². The number of aryl methyl sites for hydroxylation is 3. The maximum Gasteiger partial charge on any atom is 0.282 e. The van der Waals surface area contributed by atoms with Crippen molar-refractivity contribution in [3.8, 4) is 0 Å². The van der Waals surface area contributed by atoms with Crippen LogP contribution in [0.5, 0.6) is 0 Å². The summed E-state index contributed by atoms with van der Waals surface area (Å²) in [4.78, 5) is 25.7. The minimum Gasteiger partial charge on any atom is -0.320 e. The molecule has 3 N–H and O–H groups in total. The number of hydrogen-bond donors (Lipinski definition) is 3. The molecule has 0 saturated heterocycles. The average Bonchev–Trinajstić information content (AvgIpc) is 2.59. The van der Waals surface area contributed by atoms with Gasteiger partial charge in [0.2, 0.25) is 0 Å². The van der Waals surface area contributed by atoms with E-state index in [0.717, 1.165) is 27.3 Å². The van der Waals surface area contributed by atoms with Crippen molar-refractivity contribution >= 4 is 34.8 Å². The third-order valence-corrected chi connectivity index (χ3v) is 4.97. The van der Waals surface area contributed by atoms with Gasteiger partial charge in [0.15, 0.2) is 12.6 Å². The Morgan fingerprint density at radius 2 is 1.67 bits per heavy atom. The fraction of sp³-hybridized carbons (Fsp3) is 0.333. The molecule has 0 aromatic heterocycles. The first kappa shape index (κ1) is 20.9. The van der Waals surface area contributed by atoms with Gasteiger partial charge in [-0.05, 0) is 51.0 Å². The topological polar surface area (TPSA) is 62.6 Å². The number of halogens is 1. The molecule has 0 aliphatic carbocycles. The lowest BCUT2D eigenvalue weighted by atomic mass is 10.0. The molecule has 0 bridgehead atoms. The van der Waals surface area contributed by atoms with E-state index in [0.29, 0.717) is 10.7 Å². The number of likely N-dealkylation sites (N-methyl/N-ethyl adjacent to an activating group) is 1. The zero-order valence-electron chi connectivity index (χ0n) is 16.4. The lowest BCUT2D eigenvalue weighted by Gasteiger charge is -2.22. The predicted octanol–water partition coefficient (Wildman–Crippen LogP) is 2.75. The molecule has 0 heterocycles. The minimum atomic E-state index is -0.387. The molecule has 2 atom stereocenters. The van der Waals surface area contributed by atoms with E-state index in [1.807, 2.05) is 46.9 Å². The van der Waals surface area contributed by atoms with E-state index in [1.54, 1.807) is 24.3 Å². The number of nitrogens with one attached hydrogen (secondary N) is 3. The summed E-state index contributed by atoms with van der Waals surface area (Å²) in [6.45, 7) is 7.96. The molecule has 5 nitrogen and oxygen atoms in total. The normalized spacial score (nSPS) is 13.0. The summed E-state index contributed by atoms with van der Waals surface area (Å²) >= 11 is 6.06. The number of benzene rings is 2. The molecule has 2 aromatic rings. The molecule has 144 valence electrons. The van der Waals surface area contributed by atoms with E-state index < -0.39 is 0 Å². The number of carbonyl (C=O) groups excluding carboxylic acids is 2. The van der Waals surface area contributed by atoms with Crippen molar-refractivity contribution in [2.24, 2.45) is 0 Å². The first-order valence-electron chi connectivity index (χ1n) is 8.94. The SMILES string of the molecule is Cc1cc(C)c(NC(=O)[C@@H](C)[NH+](C)CC(=O)Nc2ccccc2Cl)c(C)c1. The van der Waals surface area contributed by atoms with Gasteiger partial charge in [-0.1, -0.05) is 41.4 Å². The lowest BCUT2D eigenvalue weighted by molar-refractivity contribution is -0.885. The highest BCUT2D eigenvalue weighted by molar-refractivity contribution is 6.33. The number of amides is 2. The standard InChI is InChI=1S/C21H26ClN3O2/c1-13-10-14(2)20(15(3)11-13)24-21(27)16(4)25(5)12-19(26)23-18-9-7-6-8-17(18)22/h6-11,16H,12H2,1-5H3,(H,23,26)(H,24,27)/p+1/t16-/m1/s1. The Bertz CT molecular complexity index is 828. The Balaban J connectivity index is 1.98. The fourth-order valence-electron chi connectivity index (χ4n) is 3.00. The Labute approximate surface area is 165 Å². The first-order chi connectivity index (χ1) is 12.7. The summed E-state index contributed by atoms with van der Waals surface area (Å²) in [6.07, 6.45) is 0. The van der Waals surface area contributed by atoms with Crippen LogP contribution in [-0.2, 0) is 9.59 Å². The summed E-state index contributed by atoms with van der Waals surface area (Å²) in [5.74, 6) is -0.309. The summed E-state index contributed by atoms with van der Waals surface area (Å²) in [7, 11) is 1.82. The maximum atomic E-state index is 12.7. The Morgan fingerprint density at radius 3 is 2.26 bits per heavy atom. The molecule has 1 unspecified atom stereocenters. The second-order valence-corrected chi connectivity index (χ2v) is 7.44. The number of anilines is 2. The van der Waals surface area contributed by atoms with Gasteiger partial charge in [0.1, 0.15) is 0 Å². The molecule has 6 heteroatoms. The van der Waals surface area contributed by atoms with Crippen molar-refractivity contribution in [2.75, 3.05) is 24.2 Å². The maximum absolute atomic E-state index is 12.7. The highest BCUT2D eigenvalue weighted by Crippen LogP contribution is 2.22. The van der Waals surface area contributed by atoms with Gasteiger partial charge < -0.3 is 15.5 Å². The molecule has 0 radical (unpaired) electrons. The Hall–Kier alpha value is -2.37. The number of para-hydroxylation sites is 1. The van der Waals surface area contributed by atoms with Gasteiger partial charge >= 0.3 is 0 Å². The zero-order valence-corrected chi connectivity index (χ0v) is 17.2. The minimum absolute atomic E-state index is 0.118. The quantitative estimate of drug-likeness (QED) is 0.712. The molecule has 2 amide bonds. The molecule has 0 aliphatic rings. The molecule has 2 aromatic carbocycles. The molecule has 0 fully saturated rings. The first-order valence-corrected chi connectivity index (χ1v) is 9.32. The summed E-state index contributed by atoms with van der Waals surface area (Å²) in [5.41, 5.74) is 4.63. The third-order valence-electron chi connectivity index (χ3n) is 4.65. The van der Waals surface area contributed by atoms with Crippen molar-refractivity contribution < 1.29 is 14.5 Å². The van der Waals surface area contributed by atoms with Crippen molar-refractivity contribution in [1.29, 1.82) is 0 Å². The van der Waals surface area contributed by atoms with Crippen molar-refractivity contribution in [3.05, 3.63) is 58.1 Å². The van der Waals surface area contributed by atoms with Gasteiger partial charge in [-0.25, -0.2) is 0 Å². The van der Waals surface area contributed by atoms with Crippen molar-refractivity contribution in [2.45, 2.75) is 33.7 Å². The van der Waals surface area contributed by atoms with Gasteiger partial charge in [-0.2, -0.15) is 0 Å². The van der Waals surface area contributed by atoms with E-state index in [4.69, 9.17) is 11.6 Å². The van der Waals surface area contributed by atoms with E-state index in [2.05, 4.69) is 10.6 Å². The number of carbonyl (C=O) groups is 2. The van der Waals surface area contributed by atoms with Gasteiger partial charge in [-0.15, -0.1) is 0 Å². The number of quaternary nitrogens is 1. The Morgan fingerprint density at radius 1 is 1.07 bits per heavy atom. The molecule has 0 spiro atoms. The van der Waals surface area contributed by atoms with Crippen LogP contribution in [-0.4, -0.2) is 31.4 Å². The number of hydrogen-bond acceptors (Lipinski definition) is 2.